The second-order valence-corrected chi connectivity index (χ2v) is 6.71. The van der Waals surface area contributed by atoms with Crippen LogP contribution in [0.3, 0.4) is 0 Å². The second kappa shape index (κ2) is 8.92. The molecule has 0 aliphatic carbocycles. The summed E-state index contributed by atoms with van der Waals surface area (Å²) >= 11 is 11.8. The lowest BCUT2D eigenvalue weighted by Crippen LogP contribution is -2.29. The van der Waals surface area contributed by atoms with Crippen molar-refractivity contribution in [2.45, 2.75) is 26.9 Å². The molecule has 0 radical (unpaired) electrons. The monoisotopic (exact) mass is 395 g/mol. The third-order valence-corrected chi connectivity index (χ3v) is 3.91. The zero-order chi connectivity index (χ0) is 19.3. The lowest BCUT2D eigenvalue weighted by atomic mass is 10.1. The number of aryl methyl sites for hydroxylation is 2. The number of halogens is 2. The summed E-state index contributed by atoms with van der Waals surface area (Å²) in [6.07, 6.45) is -0.928. The van der Waals surface area contributed by atoms with Gasteiger partial charge in [-0.2, -0.15) is 0 Å². The quantitative estimate of drug-likeness (QED) is 0.728. The molecule has 0 saturated carbocycles. The topological polar surface area (TPSA) is 64.6 Å². The average Bonchev–Trinajstić information content (AvgIpc) is 2.54. The molecule has 1 amide bonds. The lowest BCUT2D eigenvalue weighted by molar-refractivity contribution is -0.153. The third kappa shape index (κ3) is 5.93. The Labute approximate surface area is 162 Å². The van der Waals surface area contributed by atoms with Gasteiger partial charge in [-0.3, -0.25) is 4.79 Å². The molecule has 0 aliphatic rings. The Hall–Kier alpha value is -2.24. The third-order valence-electron chi connectivity index (χ3n) is 3.38. The van der Waals surface area contributed by atoms with E-state index >= 15 is 0 Å². The van der Waals surface area contributed by atoms with Crippen molar-refractivity contribution in [2.24, 2.45) is 0 Å². The minimum atomic E-state index is -0.928. The van der Waals surface area contributed by atoms with E-state index in [2.05, 4.69) is 5.32 Å². The largest absolute Gasteiger partial charge is 0.477 e. The summed E-state index contributed by atoms with van der Waals surface area (Å²) in [5, 5.41) is 3.43. The molecular weight excluding hydrogens is 377 g/mol. The number of hydrogen-bond donors (Lipinski definition) is 1. The maximum atomic E-state index is 12.0. The fourth-order valence-corrected chi connectivity index (χ4v) is 2.76. The highest BCUT2D eigenvalue weighted by Gasteiger charge is 2.19. The molecule has 2 aromatic carbocycles. The highest BCUT2D eigenvalue weighted by atomic mass is 35.5. The van der Waals surface area contributed by atoms with Crippen molar-refractivity contribution in [1.29, 1.82) is 0 Å². The van der Waals surface area contributed by atoms with Crippen LogP contribution in [-0.4, -0.2) is 24.6 Å². The molecule has 0 saturated heterocycles. The van der Waals surface area contributed by atoms with Crippen molar-refractivity contribution >= 4 is 40.8 Å². The first-order valence-corrected chi connectivity index (χ1v) is 8.66. The van der Waals surface area contributed by atoms with Gasteiger partial charge in [-0.25, -0.2) is 4.79 Å². The Bertz CT molecular complexity index is 803. The summed E-state index contributed by atoms with van der Waals surface area (Å²) in [5.41, 5.74) is 2.71. The molecule has 1 atom stereocenters. The Morgan fingerprint density at radius 2 is 1.73 bits per heavy atom. The van der Waals surface area contributed by atoms with E-state index in [0.717, 1.165) is 11.1 Å². The number of carbonyl (C=O) groups excluding carboxylic acids is 2. The van der Waals surface area contributed by atoms with Crippen molar-refractivity contribution in [2.75, 3.05) is 11.9 Å². The summed E-state index contributed by atoms with van der Waals surface area (Å²) in [6.45, 7) is 4.97. The minimum Gasteiger partial charge on any atom is -0.477 e. The van der Waals surface area contributed by atoms with Crippen molar-refractivity contribution in [1.82, 2.24) is 0 Å². The molecule has 0 aliphatic heterocycles. The van der Waals surface area contributed by atoms with Gasteiger partial charge in [-0.05, 0) is 62.2 Å². The SMILES string of the molecule is Cc1cc(C)cc(NC(=O)COC(=O)[C@@H](C)Oc2ccc(Cl)cc2Cl)c1. The average molecular weight is 396 g/mol. The number of nitrogens with one attached hydrogen (secondary N) is 1. The van der Waals surface area contributed by atoms with Crippen molar-refractivity contribution in [3.05, 3.63) is 57.6 Å². The van der Waals surface area contributed by atoms with Gasteiger partial charge in [0.05, 0.1) is 5.02 Å². The summed E-state index contributed by atoms with van der Waals surface area (Å²) in [4.78, 5) is 23.9. The summed E-state index contributed by atoms with van der Waals surface area (Å²) in [5.74, 6) is -0.799. The Balaban J connectivity index is 1.85. The van der Waals surface area contributed by atoms with Gasteiger partial charge in [0, 0.05) is 10.7 Å². The van der Waals surface area contributed by atoms with Crippen LogP contribution in [0.1, 0.15) is 18.1 Å². The van der Waals surface area contributed by atoms with E-state index in [0.29, 0.717) is 16.5 Å². The first-order chi connectivity index (χ1) is 12.2. The van der Waals surface area contributed by atoms with Gasteiger partial charge in [-0.1, -0.05) is 29.3 Å². The molecule has 5 nitrogen and oxygen atoms in total. The molecule has 138 valence electrons. The van der Waals surface area contributed by atoms with Gasteiger partial charge in [0.25, 0.3) is 5.91 Å². The summed E-state index contributed by atoms with van der Waals surface area (Å²) in [6, 6.07) is 10.3. The normalized spacial score (nSPS) is 11.6. The molecule has 0 heterocycles. The zero-order valence-electron chi connectivity index (χ0n) is 14.6. The molecule has 0 bridgehead atoms. The van der Waals surface area contributed by atoms with Crippen LogP contribution in [0.25, 0.3) is 0 Å². The first kappa shape index (κ1) is 20.1. The minimum absolute atomic E-state index is 0.282. The van der Waals surface area contributed by atoms with E-state index in [1.54, 1.807) is 12.1 Å². The molecule has 26 heavy (non-hydrogen) atoms. The Kier molecular flexibility index (Phi) is 6.89. The van der Waals surface area contributed by atoms with Crippen LogP contribution in [0, 0.1) is 13.8 Å². The number of hydrogen-bond acceptors (Lipinski definition) is 4. The van der Waals surface area contributed by atoms with E-state index in [-0.39, 0.29) is 5.02 Å². The van der Waals surface area contributed by atoms with Crippen LogP contribution in [0.2, 0.25) is 10.0 Å². The molecular formula is C19H19Cl2NO4. The number of carbonyl (C=O) groups is 2. The highest BCUT2D eigenvalue weighted by molar-refractivity contribution is 6.35. The van der Waals surface area contributed by atoms with E-state index in [1.165, 1.54) is 13.0 Å². The molecule has 7 heteroatoms. The van der Waals surface area contributed by atoms with Crippen molar-refractivity contribution in [3.63, 3.8) is 0 Å². The van der Waals surface area contributed by atoms with Crippen LogP contribution in [0.5, 0.6) is 5.75 Å². The van der Waals surface area contributed by atoms with Crippen LogP contribution in [-0.2, 0) is 14.3 Å². The molecule has 0 unspecified atom stereocenters. The number of esters is 1. The van der Waals surface area contributed by atoms with Gasteiger partial charge < -0.3 is 14.8 Å². The van der Waals surface area contributed by atoms with Crippen LogP contribution in [0.15, 0.2) is 36.4 Å². The van der Waals surface area contributed by atoms with Gasteiger partial charge in [0.1, 0.15) is 5.75 Å². The van der Waals surface area contributed by atoms with Gasteiger partial charge in [-0.15, -0.1) is 0 Å². The zero-order valence-corrected chi connectivity index (χ0v) is 16.1. The molecule has 2 aromatic rings. The Morgan fingerprint density at radius 3 is 2.35 bits per heavy atom. The van der Waals surface area contributed by atoms with Crippen LogP contribution >= 0.6 is 23.2 Å². The maximum absolute atomic E-state index is 12.0. The van der Waals surface area contributed by atoms with Crippen LogP contribution in [0.4, 0.5) is 5.69 Å². The predicted molar refractivity (Wildman–Crippen MR) is 102 cm³/mol. The molecule has 0 spiro atoms. The molecule has 1 N–H and O–H groups in total. The predicted octanol–water partition coefficient (Wildman–Crippen LogP) is 4.56. The standard InChI is InChI=1S/C19H19Cl2NO4/c1-11-6-12(2)8-15(7-11)22-18(23)10-25-19(24)13(3)26-17-5-4-14(20)9-16(17)21/h4-9,13H,10H2,1-3H3,(H,22,23)/t13-/m1/s1. The fourth-order valence-electron chi connectivity index (χ4n) is 2.31. The second-order valence-electron chi connectivity index (χ2n) is 5.87. The Morgan fingerprint density at radius 1 is 1.08 bits per heavy atom. The van der Waals surface area contributed by atoms with Crippen LogP contribution < -0.4 is 10.1 Å². The molecule has 2 rings (SSSR count). The number of rotatable bonds is 6. The van der Waals surface area contributed by atoms with E-state index in [4.69, 9.17) is 32.7 Å². The van der Waals surface area contributed by atoms with E-state index in [9.17, 15) is 9.59 Å². The van der Waals surface area contributed by atoms with Gasteiger partial charge in [0.15, 0.2) is 12.7 Å². The lowest BCUT2D eigenvalue weighted by Gasteiger charge is -2.15. The number of benzene rings is 2. The summed E-state index contributed by atoms with van der Waals surface area (Å²) < 4.78 is 10.4. The van der Waals surface area contributed by atoms with Gasteiger partial charge in [0.2, 0.25) is 0 Å². The van der Waals surface area contributed by atoms with Gasteiger partial charge >= 0.3 is 5.97 Å². The number of amides is 1. The van der Waals surface area contributed by atoms with Crippen molar-refractivity contribution < 1.29 is 19.1 Å². The maximum Gasteiger partial charge on any atom is 0.347 e. The smallest absolute Gasteiger partial charge is 0.347 e. The molecule has 0 fully saturated rings. The number of anilines is 1. The highest BCUT2D eigenvalue weighted by Crippen LogP contribution is 2.28. The first-order valence-electron chi connectivity index (χ1n) is 7.91. The van der Waals surface area contributed by atoms with Crippen molar-refractivity contribution in [3.8, 4) is 5.75 Å². The van der Waals surface area contributed by atoms with E-state index < -0.39 is 24.6 Å². The molecule has 0 aromatic heterocycles. The van der Waals surface area contributed by atoms with E-state index in [1.807, 2.05) is 32.0 Å². The number of ether oxygens (including phenoxy) is 2. The summed E-state index contributed by atoms with van der Waals surface area (Å²) in [7, 11) is 0. The fraction of sp³-hybridized carbons (Fsp3) is 0.263.